The molecule has 1 aliphatic heterocycles. The van der Waals surface area contributed by atoms with E-state index in [1.807, 2.05) is 18.2 Å². The van der Waals surface area contributed by atoms with Crippen LogP contribution >= 0.6 is 0 Å². The molecule has 2 heterocycles. The minimum absolute atomic E-state index is 0.0106. The number of fused-ring (bicyclic) bond motifs is 1. The first-order valence-electron chi connectivity index (χ1n) is 10.1. The van der Waals surface area contributed by atoms with Crippen LogP contribution in [0.5, 0.6) is 0 Å². The van der Waals surface area contributed by atoms with Gasteiger partial charge in [-0.3, -0.25) is 9.69 Å². The van der Waals surface area contributed by atoms with Gasteiger partial charge in [-0.1, -0.05) is 24.3 Å². The fourth-order valence-electron chi connectivity index (χ4n) is 3.78. The third-order valence-corrected chi connectivity index (χ3v) is 5.38. The Balaban J connectivity index is 1.30. The number of piperazine rings is 1. The molecule has 1 N–H and O–H groups in total. The summed E-state index contributed by atoms with van der Waals surface area (Å²) < 4.78 is 15.2. The van der Waals surface area contributed by atoms with Gasteiger partial charge >= 0.3 is 0 Å². The first-order chi connectivity index (χ1) is 14.1. The zero-order valence-electron chi connectivity index (χ0n) is 16.6. The second-order valence-corrected chi connectivity index (χ2v) is 7.31. The van der Waals surface area contributed by atoms with Crippen molar-refractivity contribution in [3.05, 3.63) is 59.9 Å². The normalized spacial score (nSPS) is 15.0. The molecule has 0 bridgehead atoms. The molecule has 3 aromatic rings. The number of rotatable bonds is 6. The molecular weight excluding hydrogens is 369 g/mol. The van der Waals surface area contributed by atoms with Gasteiger partial charge in [0.1, 0.15) is 5.82 Å². The highest BCUT2D eigenvalue weighted by Crippen LogP contribution is 2.23. The quantitative estimate of drug-likeness (QED) is 0.697. The molecule has 0 atom stereocenters. The van der Waals surface area contributed by atoms with E-state index in [4.69, 9.17) is 4.98 Å². The third kappa shape index (κ3) is 4.40. The maximum Gasteiger partial charge on any atom is 0.234 e. The molecule has 0 aliphatic carbocycles. The summed E-state index contributed by atoms with van der Waals surface area (Å²) in [6.45, 7) is 7.12. The van der Waals surface area contributed by atoms with Crippen LogP contribution in [0, 0.1) is 5.82 Å². The van der Waals surface area contributed by atoms with E-state index in [1.165, 1.54) is 12.1 Å². The van der Waals surface area contributed by atoms with E-state index in [9.17, 15) is 9.18 Å². The van der Waals surface area contributed by atoms with E-state index >= 15 is 0 Å². The Morgan fingerprint density at radius 2 is 1.79 bits per heavy atom. The summed E-state index contributed by atoms with van der Waals surface area (Å²) in [5.74, 6) is 0.729. The molecule has 1 aromatic heterocycles. The van der Waals surface area contributed by atoms with Crippen LogP contribution in [0.2, 0.25) is 0 Å². The molecule has 1 saturated heterocycles. The molecule has 29 heavy (non-hydrogen) atoms. The number of halogens is 1. The van der Waals surface area contributed by atoms with Crippen LogP contribution in [0.3, 0.4) is 0 Å². The number of hydrogen-bond acceptors (Lipinski definition) is 4. The molecule has 1 amide bonds. The maximum atomic E-state index is 13.0. The first-order valence-corrected chi connectivity index (χ1v) is 10.1. The predicted molar refractivity (Wildman–Crippen MR) is 112 cm³/mol. The van der Waals surface area contributed by atoms with Crippen LogP contribution in [0.25, 0.3) is 11.0 Å². The number of aryl methyl sites for hydroxylation is 1. The number of hydrogen-bond donors (Lipinski definition) is 1. The monoisotopic (exact) mass is 395 g/mol. The number of benzene rings is 2. The number of anilines is 1. The molecule has 4 rings (SSSR count). The van der Waals surface area contributed by atoms with Gasteiger partial charge in [-0.2, -0.15) is 0 Å². The van der Waals surface area contributed by atoms with Crippen molar-refractivity contribution in [3.63, 3.8) is 0 Å². The highest BCUT2D eigenvalue weighted by atomic mass is 19.1. The van der Waals surface area contributed by atoms with Crippen molar-refractivity contribution in [1.29, 1.82) is 0 Å². The van der Waals surface area contributed by atoms with Crippen molar-refractivity contribution in [3.8, 4) is 0 Å². The van der Waals surface area contributed by atoms with Crippen molar-refractivity contribution < 1.29 is 9.18 Å². The number of nitrogens with one attached hydrogen (secondary N) is 1. The number of nitrogens with zero attached hydrogens (tertiary/aromatic N) is 4. The average molecular weight is 395 g/mol. The fourth-order valence-corrected chi connectivity index (χ4v) is 3.78. The second kappa shape index (κ2) is 8.61. The maximum absolute atomic E-state index is 13.0. The fraction of sp³-hybridized carbons (Fsp3) is 0.364. The lowest BCUT2D eigenvalue weighted by atomic mass is 10.2. The van der Waals surface area contributed by atoms with E-state index in [0.717, 1.165) is 55.3 Å². The second-order valence-electron chi connectivity index (χ2n) is 7.31. The van der Waals surface area contributed by atoms with Crippen LogP contribution in [0.4, 0.5) is 10.3 Å². The Morgan fingerprint density at radius 1 is 1.07 bits per heavy atom. The highest BCUT2D eigenvalue weighted by Gasteiger charge is 2.23. The molecule has 6 nitrogen and oxygen atoms in total. The Hall–Kier alpha value is -2.93. The van der Waals surface area contributed by atoms with Crippen molar-refractivity contribution in [2.24, 2.45) is 0 Å². The van der Waals surface area contributed by atoms with Gasteiger partial charge < -0.3 is 14.8 Å². The minimum atomic E-state index is -0.269. The SMILES string of the molecule is CCn1c(N2CCN(CC(=O)NCc3ccc(F)cc3)CC2)nc2ccccc21. The molecule has 1 fully saturated rings. The van der Waals surface area contributed by atoms with E-state index in [2.05, 4.69) is 32.7 Å². The zero-order chi connectivity index (χ0) is 20.2. The van der Waals surface area contributed by atoms with Crippen molar-refractivity contribution >= 4 is 22.9 Å². The van der Waals surface area contributed by atoms with Crippen LogP contribution in [-0.4, -0.2) is 53.1 Å². The van der Waals surface area contributed by atoms with E-state index in [-0.39, 0.29) is 11.7 Å². The van der Waals surface area contributed by atoms with Gasteiger partial charge in [0.2, 0.25) is 11.9 Å². The van der Waals surface area contributed by atoms with Gasteiger partial charge in [-0.05, 0) is 36.8 Å². The average Bonchev–Trinajstić information content (AvgIpc) is 3.12. The molecule has 0 spiro atoms. The number of para-hydroxylation sites is 2. The van der Waals surface area contributed by atoms with Crippen molar-refractivity contribution in [2.75, 3.05) is 37.6 Å². The summed E-state index contributed by atoms with van der Waals surface area (Å²) >= 11 is 0. The molecule has 2 aromatic carbocycles. The van der Waals surface area contributed by atoms with E-state index in [0.29, 0.717) is 13.1 Å². The molecule has 152 valence electrons. The highest BCUT2D eigenvalue weighted by molar-refractivity contribution is 5.79. The summed E-state index contributed by atoms with van der Waals surface area (Å²) in [6, 6.07) is 14.4. The lowest BCUT2D eigenvalue weighted by Gasteiger charge is -2.35. The van der Waals surface area contributed by atoms with Crippen LogP contribution < -0.4 is 10.2 Å². The van der Waals surface area contributed by atoms with Crippen molar-refractivity contribution in [1.82, 2.24) is 19.8 Å². The van der Waals surface area contributed by atoms with Crippen LogP contribution in [0.1, 0.15) is 12.5 Å². The summed E-state index contributed by atoms with van der Waals surface area (Å²) in [5.41, 5.74) is 3.07. The Labute approximate surface area is 169 Å². The lowest BCUT2D eigenvalue weighted by molar-refractivity contribution is -0.122. The molecule has 0 saturated carbocycles. The summed E-state index contributed by atoms with van der Waals surface area (Å²) in [5, 5.41) is 2.91. The van der Waals surface area contributed by atoms with Gasteiger partial charge in [-0.25, -0.2) is 9.37 Å². The Kier molecular flexibility index (Phi) is 5.76. The molecule has 1 aliphatic rings. The number of carbonyl (C=O) groups is 1. The number of amides is 1. The predicted octanol–water partition coefficient (Wildman–Crippen LogP) is 2.63. The molecule has 7 heteroatoms. The Morgan fingerprint density at radius 3 is 2.52 bits per heavy atom. The van der Waals surface area contributed by atoms with Crippen LogP contribution in [-0.2, 0) is 17.9 Å². The third-order valence-electron chi connectivity index (χ3n) is 5.38. The van der Waals surface area contributed by atoms with Gasteiger partial charge in [0.25, 0.3) is 0 Å². The first kappa shape index (κ1) is 19.4. The smallest absolute Gasteiger partial charge is 0.234 e. The number of aromatic nitrogens is 2. The van der Waals surface area contributed by atoms with Gasteiger partial charge in [0.05, 0.1) is 17.6 Å². The Bertz CT molecular complexity index is 977. The molecular formula is C22H26FN5O. The summed E-state index contributed by atoms with van der Waals surface area (Å²) in [7, 11) is 0. The van der Waals surface area contributed by atoms with Gasteiger partial charge in [-0.15, -0.1) is 0 Å². The lowest BCUT2D eigenvalue weighted by Crippen LogP contribution is -2.50. The molecule has 0 radical (unpaired) electrons. The van der Waals surface area contributed by atoms with E-state index < -0.39 is 0 Å². The standard InChI is InChI=1S/C22H26FN5O/c1-2-28-20-6-4-3-5-19(20)25-22(28)27-13-11-26(12-14-27)16-21(29)24-15-17-7-9-18(23)10-8-17/h3-10H,2,11-16H2,1H3,(H,24,29). The summed E-state index contributed by atoms with van der Waals surface area (Å²) in [4.78, 5) is 21.6. The van der Waals surface area contributed by atoms with Gasteiger partial charge in [0, 0.05) is 39.3 Å². The number of imidazole rings is 1. The zero-order valence-corrected chi connectivity index (χ0v) is 16.6. The summed E-state index contributed by atoms with van der Waals surface area (Å²) in [6.07, 6.45) is 0. The van der Waals surface area contributed by atoms with E-state index in [1.54, 1.807) is 12.1 Å². The number of carbonyl (C=O) groups excluding carboxylic acids is 1. The van der Waals surface area contributed by atoms with Crippen molar-refractivity contribution in [2.45, 2.75) is 20.0 Å². The largest absolute Gasteiger partial charge is 0.351 e. The topological polar surface area (TPSA) is 53.4 Å². The van der Waals surface area contributed by atoms with Gasteiger partial charge in [0.15, 0.2) is 0 Å². The van der Waals surface area contributed by atoms with Crippen LogP contribution in [0.15, 0.2) is 48.5 Å². The minimum Gasteiger partial charge on any atom is -0.351 e. The molecule has 0 unspecified atom stereocenters.